The number of nitrogens with two attached hydrogens (primary N) is 1. The predicted octanol–water partition coefficient (Wildman–Crippen LogP) is 4.62. The Kier molecular flexibility index (Phi) is 3.45. The standard InChI is InChI=1S/C16H18NP/c17-18-15(13-7-3-1-4-8-13)11-12-16(18)14-9-5-2-6-10-14/h1-10,15-16H,11-12,17H2. The molecule has 1 aliphatic heterocycles. The summed E-state index contributed by atoms with van der Waals surface area (Å²) in [6.07, 6.45) is 2.46. The van der Waals surface area contributed by atoms with Crippen molar-refractivity contribution in [1.82, 2.24) is 0 Å². The number of hydrogen-bond donors (Lipinski definition) is 1. The van der Waals surface area contributed by atoms with E-state index in [1.165, 1.54) is 24.0 Å². The third-order valence-corrected chi connectivity index (χ3v) is 6.35. The highest BCUT2D eigenvalue weighted by molar-refractivity contribution is 7.56. The van der Waals surface area contributed by atoms with Gasteiger partial charge in [0.1, 0.15) is 0 Å². The molecule has 0 bridgehead atoms. The van der Waals surface area contributed by atoms with Crippen molar-refractivity contribution < 1.29 is 0 Å². The molecule has 0 saturated carbocycles. The summed E-state index contributed by atoms with van der Waals surface area (Å²) in [5.74, 6) is 0. The van der Waals surface area contributed by atoms with E-state index in [1.54, 1.807) is 0 Å². The number of rotatable bonds is 2. The maximum absolute atomic E-state index is 6.55. The molecule has 2 N–H and O–H groups in total. The quantitative estimate of drug-likeness (QED) is 0.778. The molecule has 1 aliphatic rings. The molecule has 92 valence electrons. The molecule has 0 radical (unpaired) electrons. The first-order valence-corrected chi connectivity index (χ1v) is 8.04. The van der Waals surface area contributed by atoms with Crippen LogP contribution in [0.25, 0.3) is 0 Å². The van der Waals surface area contributed by atoms with Gasteiger partial charge in [-0.1, -0.05) is 60.7 Å². The van der Waals surface area contributed by atoms with Gasteiger partial charge in [-0.25, -0.2) is 0 Å². The van der Waals surface area contributed by atoms with Crippen LogP contribution in [0.5, 0.6) is 0 Å². The highest BCUT2D eigenvalue weighted by Crippen LogP contribution is 2.65. The lowest BCUT2D eigenvalue weighted by atomic mass is 10.0. The Hall–Kier alpha value is -1.17. The molecule has 2 aromatic carbocycles. The number of hydrogen-bond acceptors (Lipinski definition) is 1. The van der Waals surface area contributed by atoms with Gasteiger partial charge in [-0.2, -0.15) is 0 Å². The second-order valence-corrected chi connectivity index (χ2v) is 7.02. The van der Waals surface area contributed by atoms with E-state index >= 15 is 0 Å². The van der Waals surface area contributed by atoms with Gasteiger partial charge in [0.2, 0.25) is 0 Å². The van der Waals surface area contributed by atoms with Gasteiger partial charge in [0.15, 0.2) is 0 Å². The highest BCUT2D eigenvalue weighted by atomic mass is 31.1. The van der Waals surface area contributed by atoms with Crippen molar-refractivity contribution in [3.8, 4) is 0 Å². The Morgan fingerprint density at radius 2 is 1.11 bits per heavy atom. The van der Waals surface area contributed by atoms with E-state index in [9.17, 15) is 0 Å². The first-order valence-electron chi connectivity index (χ1n) is 6.49. The second kappa shape index (κ2) is 5.22. The molecule has 18 heavy (non-hydrogen) atoms. The zero-order chi connectivity index (χ0) is 12.4. The molecule has 0 spiro atoms. The van der Waals surface area contributed by atoms with Crippen LogP contribution in [0, 0.1) is 0 Å². The molecule has 0 aromatic heterocycles. The minimum atomic E-state index is -0.444. The predicted molar refractivity (Wildman–Crippen MR) is 78.7 cm³/mol. The number of benzene rings is 2. The summed E-state index contributed by atoms with van der Waals surface area (Å²) in [7, 11) is -0.444. The molecule has 1 nitrogen and oxygen atoms in total. The largest absolute Gasteiger partial charge is 0.309 e. The van der Waals surface area contributed by atoms with Gasteiger partial charge in [0.25, 0.3) is 0 Å². The van der Waals surface area contributed by atoms with Crippen molar-refractivity contribution in [1.29, 1.82) is 0 Å². The molecule has 1 heterocycles. The average Bonchev–Trinajstić information content (AvgIpc) is 2.83. The van der Waals surface area contributed by atoms with E-state index < -0.39 is 8.07 Å². The van der Waals surface area contributed by atoms with Gasteiger partial charge < -0.3 is 5.50 Å². The van der Waals surface area contributed by atoms with E-state index in [-0.39, 0.29) is 0 Å². The molecule has 2 heteroatoms. The van der Waals surface area contributed by atoms with Crippen molar-refractivity contribution >= 4 is 8.07 Å². The molecule has 2 unspecified atom stereocenters. The molecule has 2 atom stereocenters. The second-order valence-electron chi connectivity index (χ2n) is 4.88. The van der Waals surface area contributed by atoms with Gasteiger partial charge in [-0.05, 0) is 32.0 Å². The molecule has 0 aliphatic carbocycles. The van der Waals surface area contributed by atoms with Crippen LogP contribution in [0.3, 0.4) is 0 Å². The maximum atomic E-state index is 6.55. The van der Waals surface area contributed by atoms with Crippen molar-refractivity contribution in [2.24, 2.45) is 5.50 Å². The lowest BCUT2D eigenvalue weighted by Gasteiger charge is -2.21. The summed E-state index contributed by atoms with van der Waals surface area (Å²) in [5, 5.41) is 0. The lowest BCUT2D eigenvalue weighted by molar-refractivity contribution is 0.765. The average molecular weight is 255 g/mol. The summed E-state index contributed by atoms with van der Waals surface area (Å²) < 4.78 is 0. The van der Waals surface area contributed by atoms with Gasteiger partial charge in [-0.15, -0.1) is 0 Å². The van der Waals surface area contributed by atoms with E-state index in [1.807, 2.05) is 0 Å². The summed E-state index contributed by atoms with van der Waals surface area (Å²) >= 11 is 0. The van der Waals surface area contributed by atoms with Crippen molar-refractivity contribution in [3.63, 3.8) is 0 Å². The zero-order valence-corrected chi connectivity index (χ0v) is 11.3. The van der Waals surface area contributed by atoms with E-state index in [4.69, 9.17) is 5.50 Å². The molecule has 1 saturated heterocycles. The molecular weight excluding hydrogens is 237 g/mol. The van der Waals surface area contributed by atoms with Gasteiger partial charge >= 0.3 is 0 Å². The van der Waals surface area contributed by atoms with Crippen LogP contribution in [0.1, 0.15) is 35.3 Å². The minimum Gasteiger partial charge on any atom is -0.309 e. The fraction of sp³-hybridized carbons (Fsp3) is 0.250. The molecule has 1 fully saturated rings. The van der Waals surface area contributed by atoms with Crippen LogP contribution in [-0.2, 0) is 0 Å². The maximum Gasteiger partial charge on any atom is 0.0176 e. The Bertz CT molecular complexity index is 450. The summed E-state index contributed by atoms with van der Waals surface area (Å²) in [6, 6.07) is 21.5. The molecule has 0 amide bonds. The third kappa shape index (κ3) is 2.21. The monoisotopic (exact) mass is 255 g/mol. The first kappa shape index (κ1) is 11.9. The zero-order valence-electron chi connectivity index (χ0n) is 10.4. The van der Waals surface area contributed by atoms with Crippen LogP contribution in [0.4, 0.5) is 0 Å². The van der Waals surface area contributed by atoms with Crippen molar-refractivity contribution in [2.75, 3.05) is 0 Å². The Morgan fingerprint density at radius 1 is 0.722 bits per heavy atom. The normalized spacial score (nSPS) is 27.3. The topological polar surface area (TPSA) is 26.0 Å². The van der Waals surface area contributed by atoms with Crippen LogP contribution >= 0.6 is 8.07 Å². The van der Waals surface area contributed by atoms with Crippen LogP contribution in [0.2, 0.25) is 0 Å². The van der Waals surface area contributed by atoms with Crippen molar-refractivity contribution in [2.45, 2.75) is 24.2 Å². The van der Waals surface area contributed by atoms with Crippen LogP contribution < -0.4 is 5.50 Å². The van der Waals surface area contributed by atoms with Crippen LogP contribution in [-0.4, -0.2) is 0 Å². The molecule has 2 aromatic rings. The summed E-state index contributed by atoms with van der Waals surface area (Å²) in [4.78, 5) is 0. The Morgan fingerprint density at radius 3 is 1.50 bits per heavy atom. The summed E-state index contributed by atoms with van der Waals surface area (Å²) in [6.45, 7) is 0. The lowest BCUT2D eigenvalue weighted by Crippen LogP contribution is -2.00. The first-order chi connectivity index (χ1) is 8.86. The smallest absolute Gasteiger partial charge is 0.0176 e. The Labute approximate surface area is 110 Å². The third-order valence-electron chi connectivity index (χ3n) is 3.80. The van der Waals surface area contributed by atoms with Crippen LogP contribution in [0.15, 0.2) is 60.7 Å². The van der Waals surface area contributed by atoms with E-state index in [2.05, 4.69) is 60.7 Å². The Balaban J connectivity index is 1.83. The highest BCUT2D eigenvalue weighted by Gasteiger charge is 2.34. The van der Waals surface area contributed by atoms with Crippen molar-refractivity contribution in [3.05, 3.63) is 71.8 Å². The molecular formula is C16H18NP. The van der Waals surface area contributed by atoms with E-state index in [0.29, 0.717) is 11.3 Å². The minimum absolute atomic E-state index is 0.444. The molecule has 3 rings (SSSR count). The fourth-order valence-electron chi connectivity index (χ4n) is 2.86. The SMILES string of the molecule is NP1C(c2ccccc2)CCC1c1ccccc1. The van der Waals surface area contributed by atoms with Gasteiger partial charge in [-0.3, -0.25) is 0 Å². The fourth-order valence-corrected chi connectivity index (χ4v) is 5.22. The van der Waals surface area contributed by atoms with Gasteiger partial charge in [0.05, 0.1) is 0 Å². The van der Waals surface area contributed by atoms with Gasteiger partial charge in [0, 0.05) is 11.3 Å². The summed E-state index contributed by atoms with van der Waals surface area (Å²) in [5.41, 5.74) is 10.5. The van der Waals surface area contributed by atoms with E-state index in [0.717, 1.165) is 0 Å².